The van der Waals surface area contributed by atoms with E-state index in [0.29, 0.717) is 22.7 Å². The molecule has 0 amide bonds. The number of aromatic nitrogens is 2. The van der Waals surface area contributed by atoms with Gasteiger partial charge in [0.15, 0.2) is 5.82 Å². The van der Waals surface area contributed by atoms with Gasteiger partial charge < -0.3 is 0 Å². The lowest BCUT2D eigenvalue weighted by Gasteiger charge is -2.10. The van der Waals surface area contributed by atoms with E-state index in [1.54, 1.807) is 42.9 Å². The van der Waals surface area contributed by atoms with Gasteiger partial charge in [0.05, 0.1) is 11.4 Å². The van der Waals surface area contributed by atoms with Crippen molar-refractivity contribution < 1.29 is 8.42 Å². The van der Waals surface area contributed by atoms with Crippen molar-refractivity contribution in [3.05, 3.63) is 75.9 Å². The van der Waals surface area contributed by atoms with Crippen molar-refractivity contribution in [3.8, 4) is 0 Å². The highest BCUT2D eigenvalue weighted by atomic mass is 35.5. The summed E-state index contributed by atoms with van der Waals surface area (Å²) in [5, 5.41) is 4.85. The van der Waals surface area contributed by atoms with Gasteiger partial charge in [-0.3, -0.25) is 9.40 Å². The van der Waals surface area contributed by atoms with Gasteiger partial charge in [0.2, 0.25) is 0 Å². The molecule has 1 heterocycles. The molecule has 136 valence electrons. The van der Waals surface area contributed by atoms with Gasteiger partial charge in [-0.2, -0.15) is 5.10 Å². The summed E-state index contributed by atoms with van der Waals surface area (Å²) >= 11 is 6.06. The number of benzene rings is 2. The van der Waals surface area contributed by atoms with Crippen LogP contribution in [0, 0.1) is 20.8 Å². The zero-order valence-corrected chi connectivity index (χ0v) is 16.4. The maximum Gasteiger partial charge on any atom is 0.263 e. The minimum atomic E-state index is -3.73. The lowest BCUT2D eigenvalue weighted by atomic mass is 10.1. The van der Waals surface area contributed by atoms with Crippen molar-refractivity contribution in [1.29, 1.82) is 0 Å². The van der Waals surface area contributed by atoms with Crippen LogP contribution in [0.25, 0.3) is 0 Å². The van der Waals surface area contributed by atoms with Crippen LogP contribution >= 0.6 is 11.6 Å². The summed E-state index contributed by atoms with van der Waals surface area (Å²) in [6.07, 6.45) is 1.75. The Morgan fingerprint density at radius 2 is 1.73 bits per heavy atom. The molecule has 7 heteroatoms. The molecule has 0 bridgehead atoms. The fourth-order valence-electron chi connectivity index (χ4n) is 2.62. The normalized spacial score (nSPS) is 11.5. The molecule has 0 saturated carbocycles. The fourth-order valence-corrected chi connectivity index (χ4v) is 4.15. The molecule has 1 aromatic heterocycles. The zero-order valence-electron chi connectivity index (χ0n) is 14.8. The number of hydrogen-bond acceptors (Lipinski definition) is 3. The Morgan fingerprint density at radius 3 is 2.42 bits per heavy atom. The fraction of sp³-hybridized carbons (Fsp3) is 0.211. The third-order valence-electron chi connectivity index (χ3n) is 4.09. The average molecular weight is 390 g/mol. The number of nitrogens with one attached hydrogen (secondary N) is 1. The Bertz CT molecular complexity index is 1040. The molecule has 0 fully saturated rings. The van der Waals surface area contributed by atoms with Crippen LogP contribution in [-0.4, -0.2) is 18.2 Å². The summed E-state index contributed by atoms with van der Waals surface area (Å²) < 4.78 is 29.6. The van der Waals surface area contributed by atoms with Gasteiger partial charge >= 0.3 is 0 Å². The third-order valence-corrected chi connectivity index (χ3v) is 5.99. The Kier molecular flexibility index (Phi) is 5.07. The molecule has 3 aromatic rings. The van der Waals surface area contributed by atoms with Gasteiger partial charge in [-0.15, -0.1) is 0 Å². The quantitative estimate of drug-likeness (QED) is 0.707. The van der Waals surface area contributed by atoms with Gasteiger partial charge in [-0.25, -0.2) is 8.42 Å². The van der Waals surface area contributed by atoms with Crippen molar-refractivity contribution in [2.24, 2.45) is 0 Å². The van der Waals surface area contributed by atoms with E-state index >= 15 is 0 Å². The van der Waals surface area contributed by atoms with Crippen molar-refractivity contribution in [2.45, 2.75) is 32.2 Å². The number of anilines is 1. The predicted octanol–water partition coefficient (Wildman–Crippen LogP) is 4.31. The highest BCUT2D eigenvalue weighted by molar-refractivity contribution is 7.92. The maximum atomic E-state index is 12.7. The Labute approximate surface area is 158 Å². The second-order valence-electron chi connectivity index (χ2n) is 6.36. The summed E-state index contributed by atoms with van der Waals surface area (Å²) in [7, 11) is -3.73. The van der Waals surface area contributed by atoms with Crippen molar-refractivity contribution in [2.75, 3.05) is 4.72 Å². The highest BCUT2D eigenvalue weighted by Crippen LogP contribution is 2.25. The molecule has 0 atom stereocenters. The van der Waals surface area contributed by atoms with Gasteiger partial charge in [0.25, 0.3) is 10.0 Å². The van der Waals surface area contributed by atoms with Crippen LogP contribution in [0.5, 0.6) is 0 Å². The van der Waals surface area contributed by atoms with Gasteiger partial charge in [-0.05, 0) is 49.6 Å². The third kappa shape index (κ3) is 4.08. The standard InChI is InChI=1S/C19H20ClN3O2S/c1-13-4-6-16(7-5-13)12-23-9-8-19(21-23)22-26(24,25)18-11-14(2)17(20)10-15(18)3/h4-11H,12H2,1-3H3,(H,21,22). The van der Waals surface area contributed by atoms with Gasteiger partial charge in [0, 0.05) is 17.3 Å². The van der Waals surface area contributed by atoms with Crippen LogP contribution in [-0.2, 0) is 16.6 Å². The predicted molar refractivity (Wildman–Crippen MR) is 104 cm³/mol. The Morgan fingerprint density at radius 1 is 1.04 bits per heavy atom. The second kappa shape index (κ2) is 7.13. The maximum absolute atomic E-state index is 12.7. The molecule has 0 saturated heterocycles. The molecule has 26 heavy (non-hydrogen) atoms. The number of nitrogens with zero attached hydrogens (tertiary/aromatic N) is 2. The highest BCUT2D eigenvalue weighted by Gasteiger charge is 2.19. The van der Waals surface area contributed by atoms with E-state index in [-0.39, 0.29) is 10.7 Å². The number of rotatable bonds is 5. The van der Waals surface area contributed by atoms with E-state index in [2.05, 4.69) is 9.82 Å². The lowest BCUT2D eigenvalue weighted by molar-refractivity contribution is 0.600. The van der Waals surface area contributed by atoms with Crippen LogP contribution in [0.2, 0.25) is 5.02 Å². The van der Waals surface area contributed by atoms with Crippen LogP contribution in [0.3, 0.4) is 0 Å². The molecule has 0 aliphatic rings. The average Bonchev–Trinajstić information content (AvgIpc) is 2.99. The second-order valence-corrected chi connectivity index (χ2v) is 8.41. The van der Waals surface area contributed by atoms with E-state index in [1.807, 2.05) is 31.2 Å². The molecule has 0 aliphatic heterocycles. The largest absolute Gasteiger partial charge is 0.266 e. The van der Waals surface area contributed by atoms with Crippen LogP contribution in [0.1, 0.15) is 22.3 Å². The Hall–Kier alpha value is -2.31. The minimum Gasteiger partial charge on any atom is -0.266 e. The summed E-state index contributed by atoms with van der Waals surface area (Å²) in [6.45, 7) is 6.10. The van der Waals surface area contributed by atoms with Crippen molar-refractivity contribution in [3.63, 3.8) is 0 Å². The van der Waals surface area contributed by atoms with Gasteiger partial charge in [-0.1, -0.05) is 41.4 Å². The molecule has 3 rings (SSSR count). The smallest absolute Gasteiger partial charge is 0.263 e. The van der Waals surface area contributed by atoms with E-state index in [9.17, 15) is 8.42 Å². The van der Waals surface area contributed by atoms with E-state index in [4.69, 9.17) is 11.6 Å². The van der Waals surface area contributed by atoms with E-state index < -0.39 is 10.0 Å². The molecule has 0 unspecified atom stereocenters. The first kappa shape index (κ1) is 18.5. The number of aryl methyl sites for hydroxylation is 3. The first-order valence-electron chi connectivity index (χ1n) is 8.13. The van der Waals surface area contributed by atoms with Gasteiger partial charge in [0.1, 0.15) is 0 Å². The number of hydrogen-bond donors (Lipinski definition) is 1. The van der Waals surface area contributed by atoms with Crippen LogP contribution in [0.15, 0.2) is 53.6 Å². The first-order valence-corrected chi connectivity index (χ1v) is 9.99. The molecule has 1 N–H and O–H groups in total. The molecular formula is C19H20ClN3O2S. The molecule has 0 radical (unpaired) electrons. The minimum absolute atomic E-state index is 0.201. The summed E-state index contributed by atoms with van der Waals surface area (Å²) in [5.41, 5.74) is 3.59. The molecule has 0 aliphatic carbocycles. The van der Waals surface area contributed by atoms with Crippen molar-refractivity contribution >= 4 is 27.4 Å². The summed E-state index contributed by atoms with van der Waals surface area (Å²) in [4.78, 5) is 0.201. The first-order chi connectivity index (χ1) is 12.2. The molecule has 2 aromatic carbocycles. The number of halogens is 1. The molecule has 0 spiro atoms. The SMILES string of the molecule is Cc1ccc(Cn2ccc(NS(=O)(=O)c3cc(C)c(Cl)cc3C)n2)cc1. The summed E-state index contributed by atoms with van der Waals surface area (Å²) in [6, 6.07) is 13.0. The van der Waals surface area contributed by atoms with Crippen LogP contribution in [0.4, 0.5) is 5.82 Å². The van der Waals surface area contributed by atoms with E-state index in [1.165, 1.54) is 5.56 Å². The summed E-state index contributed by atoms with van der Waals surface area (Å²) in [5.74, 6) is 0.282. The van der Waals surface area contributed by atoms with Crippen molar-refractivity contribution in [1.82, 2.24) is 9.78 Å². The topological polar surface area (TPSA) is 64.0 Å². The molecule has 5 nitrogen and oxygen atoms in total. The lowest BCUT2D eigenvalue weighted by Crippen LogP contribution is -2.15. The van der Waals surface area contributed by atoms with E-state index in [0.717, 1.165) is 5.56 Å². The zero-order chi connectivity index (χ0) is 18.9. The van der Waals surface area contributed by atoms with Crippen LogP contribution < -0.4 is 4.72 Å². The Balaban J connectivity index is 1.80. The molecular weight excluding hydrogens is 370 g/mol. The monoisotopic (exact) mass is 389 g/mol. The number of sulfonamides is 1.